The molecule has 2 aromatic rings. The highest BCUT2D eigenvalue weighted by Gasteiger charge is 2.22. The first kappa shape index (κ1) is 18.4. The Balaban J connectivity index is 1.60. The summed E-state index contributed by atoms with van der Waals surface area (Å²) in [6.07, 6.45) is 4.18. The Bertz CT molecular complexity index is 793. The lowest BCUT2D eigenvalue weighted by Crippen LogP contribution is -2.37. The SMILES string of the molecule is O=C(CNC(=O)C(c1ccccc1)c1ccccc1)N/N=C/C1=CCCO1. The molecule has 138 valence electrons. The molecule has 1 aliphatic rings. The number of benzene rings is 2. The largest absolute Gasteiger partial charge is 0.492 e. The molecule has 0 aliphatic carbocycles. The maximum absolute atomic E-state index is 12.8. The van der Waals surface area contributed by atoms with Crippen LogP contribution in [0.25, 0.3) is 0 Å². The fourth-order valence-corrected chi connectivity index (χ4v) is 2.79. The van der Waals surface area contributed by atoms with Crippen LogP contribution in [-0.4, -0.2) is 31.2 Å². The van der Waals surface area contributed by atoms with Crippen molar-refractivity contribution in [3.8, 4) is 0 Å². The number of carbonyl (C=O) groups excluding carboxylic acids is 2. The van der Waals surface area contributed by atoms with Crippen molar-refractivity contribution in [3.63, 3.8) is 0 Å². The quantitative estimate of drug-likeness (QED) is 0.585. The van der Waals surface area contributed by atoms with Crippen molar-refractivity contribution in [2.24, 2.45) is 5.10 Å². The van der Waals surface area contributed by atoms with E-state index >= 15 is 0 Å². The van der Waals surface area contributed by atoms with Gasteiger partial charge in [0.2, 0.25) is 5.91 Å². The number of hydrogen-bond acceptors (Lipinski definition) is 4. The van der Waals surface area contributed by atoms with Crippen LogP contribution in [0, 0.1) is 0 Å². The third kappa shape index (κ3) is 5.28. The highest BCUT2D eigenvalue weighted by molar-refractivity contribution is 5.91. The molecule has 6 nitrogen and oxygen atoms in total. The summed E-state index contributed by atoms with van der Waals surface area (Å²) < 4.78 is 5.25. The molecule has 0 fully saturated rings. The number of hydrogen-bond donors (Lipinski definition) is 2. The second kappa shape index (κ2) is 9.33. The molecule has 1 aliphatic heterocycles. The fraction of sp³-hybridized carbons (Fsp3) is 0.190. The minimum atomic E-state index is -0.485. The highest BCUT2D eigenvalue weighted by Crippen LogP contribution is 2.24. The number of hydrazone groups is 1. The Hall–Kier alpha value is -3.41. The van der Waals surface area contributed by atoms with Crippen LogP contribution >= 0.6 is 0 Å². The molecule has 1 heterocycles. The number of allylic oxidation sites excluding steroid dienone is 1. The van der Waals surface area contributed by atoms with Gasteiger partial charge in [-0.3, -0.25) is 9.59 Å². The van der Waals surface area contributed by atoms with Gasteiger partial charge in [-0.25, -0.2) is 5.43 Å². The predicted molar refractivity (Wildman–Crippen MR) is 103 cm³/mol. The number of amides is 2. The van der Waals surface area contributed by atoms with Gasteiger partial charge in [-0.1, -0.05) is 60.7 Å². The van der Waals surface area contributed by atoms with Crippen molar-refractivity contribution in [1.82, 2.24) is 10.7 Å². The Morgan fingerprint density at radius 2 is 1.67 bits per heavy atom. The summed E-state index contributed by atoms with van der Waals surface area (Å²) in [7, 11) is 0. The van der Waals surface area contributed by atoms with Crippen molar-refractivity contribution in [2.45, 2.75) is 12.3 Å². The second-order valence-electron chi connectivity index (χ2n) is 6.01. The number of carbonyl (C=O) groups is 2. The molecule has 2 N–H and O–H groups in total. The maximum atomic E-state index is 12.8. The monoisotopic (exact) mass is 363 g/mol. The molecule has 6 heteroatoms. The lowest BCUT2D eigenvalue weighted by atomic mass is 9.90. The van der Waals surface area contributed by atoms with Gasteiger partial charge in [-0.2, -0.15) is 5.10 Å². The number of nitrogens with zero attached hydrogens (tertiary/aromatic N) is 1. The molecule has 2 amide bonds. The molecule has 0 aromatic heterocycles. The van der Waals surface area contributed by atoms with Gasteiger partial charge in [-0.05, 0) is 17.2 Å². The zero-order chi connectivity index (χ0) is 18.9. The smallest absolute Gasteiger partial charge is 0.259 e. The van der Waals surface area contributed by atoms with Gasteiger partial charge in [0.15, 0.2) is 0 Å². The fourth-order valence-electron chi connectivity index (χ4n) is 2.79. The van der Waals surface area contributed by atoms with E-state index in [2.05, 4.69) is 15.8 Å². The predicted octanol–water partition coefficient (Wildman–Crippen LogP) is 2.34. The van der Waals surface area contributed by atoms with E-state index in [1.54, 1.807) is 0 Å². The van der Waals surface area contributed by atoms with Gasteiger partial charge >= 0.3 is 0 Å². The van der Waals surface area contributed by atoms with Crippen molar-refractivity contribution in [2.75, 3.05) is 13.2 Å². The third-order valence-corrected chi connectivity index (χ3v) is 4.06. The van der Waals surface area contributed by atoms with E-state index < -0.39 is 11.8 Å². The first-order valence-corrected chi connectivity index (χ1v) is 8.76. The van der Waals surface area contributed by atoms with Crippen molar-refractivity contribution >= 4 is 18.0 Å². The summed E-state index contributed by atoms with van der Waals surface area (Å²) >= 11 is 0. The van der Waals surface area contributed by atoms with Crippen LogP contribution in [0.1, 0.15) is 23.5 Å². The van der Waals surface area contributed by atoms with Gasteiger partial charge in [0.25, 0.3) is 5.91 Å². The van der Waals surface area contributed by atoms with Crippen LogP contribution in [-0.2, 0) is 14.3 Å². The lowest BCUT2D eigenvalue weighted by Gasteiger charge is -2.17. The topological polar surface area (TPSA) is 79.8 Å². The average Bonchev–Trinajstić information content (AvgIpc) is 3.22. The average molecular weight is 363 g/mol. The van der Waals surface area contributed by atoms with E-state index in [1.807, 2.05) is 66.7 Å². The number of nitrogens with one attached hydrogen (secondary N) is 2. The second-order valence-corrected chi connectivity index (χ2v) is 6.01. The minimum absolute atomic E-state index is 0.160. The Kier molecular flexibility index (Phi) is 6.35. The van der Waals surface area contributed by atoms with E-state index in [1.165, 1.54) is 6.21 Å². The van der Waals surface area contributed by atoms with Crippen molar-refractivity contribution in [1.29, 1.82) is 0 Å². The van der Waals surface area contributed by atoms with Crippen LogP contribution in [0.3, 0.4) is 0 Å². The van der Waals surface area contributed by atoms with Gasteiger partial charge in [0.05, 0.1) is 25.3 Å². The van der Waals surface area contributed by atoms with Crippen molar-refractivity contribution in [3.05, 3.63) is 83.6 Å². The highest BCUT2D eigenvalue weighted by atomic mass is 16.5. The minimum Gasteiger partial charge on any atom is -0.492 e. The Morgan fingerprint density at radius 1 is 1.04 bits per heavy atom. The van der Waals surface area contributed by atoms with E-state index in [0.717, 1.165) is 17.5 Å². The number of ether oxygens (including phenoxy) is 1. The van der Waals surface area contributed by atoms with E-state index in [9.17, 15) is 9.59 Å². The molecular weight excluding hydrogens is 342 g/mol. The summed E-state index contributed by atoms with van der Waals surface area (Å²) in [5, 5.41) is 6.51. The van der Waals surface area contributed by atoms with Gasteiger partial charge < -0.3 is 10.1 Å². The molecule has 0 saturated carbocycles. The summed E-state index contributed by atoms with van der Waals surface area (Å²) in [6, 6.07) is 19.0. The maximum Gasteiger partial charge on any atom is 0.259 e. The molecule has 3 rings (SSSR count). The summed E-state index contributed by atoms with van der Waals surface area (Å²) in [5.41, 5.74) is 4.11. The van der Waals surface area contributed by atoms with Crippen LogP contribution in [0.4, 0.5) is 0 Å². The van der Waals surface area contributed by atoms with Crippen LogP contribution in [0.5, 0.6) is 0 Å². The molecule has 0 bridgehead atoms. The van der Waals surface area contributed by atoms with E-state index in [4.69, 9.17) is 4.74 Å². The molecule has 27 heavy (non-hydrogen) atoms. The molecule has 0 unspecified atom stereocenters. The van der Waals surface area contributed by atoms with E-state index in [0.29, 0.717) is 12.4 Å². The first-order chi connectivity index (χ1) is 13.2. The number of rotatable bonds is 7. The molecule has 0 spiro atoms. The van der Waals surface area contributed by atoms with Gasteiger partial charge in [0.1, 0.15) is 5.76 Å². The Morgan fingerprint density at radius 3 is 2.22 bits per heavy atom. The molecule has 2 aromatic carbocycles. The summed E-state index contributed by atoms with van der Waals surface area (Å²) in [4.78, 5) is 24.7. The molecular formula is C21H21N3O3. The van der Waals surface area contributed by atoms with Crippen LogP contribution in [0.15, 0.2) is 77.6 Å². The molecule has 0 atom stereocenters. The zero-order valence-corrected chi connectivity index (χ0v) is 14.8. The third-order valence-electron chi connectivity index (χ3n) is 4.06. The lowest BCUT2D eigenvalue weighted by molar-refractivity contribution is -0.126. The van der Waals surface area contributed by atoms with Crippen molar-refractivity contribution < 1.29 is 14.3 Å². The zero-order valence-electron chi connectivity index (χ0n) is 14.8. The standard InChI is InChI=1S/C21H21N3O3/c25-19(24-23-14-18-12-7-13-27-18)15-22-21(26)20(16-8-3-1-4-9-16)17-10-5-2-6-11-17/h1-6,8-12,14,20H,7,13,15H2,(H,22,26)(H,24,25)/b23-14+. The van der Waals surface area contributed by atoms with Crippen LogP contribution in [0.2, 0.25) is 0 Å². The summed E-state index contributed by atoms with van der Waals surface area (Å²) in [6.45, 7) is 0.470. The van der Waals surface area contributed by atoms with Gasteiger partial charge in [0, 0.05) is 6.42 Å². The summed E-state index contributed by atoms with van der Waals surface area (Å²) in [5.74, 6) is -0.500. The van der Waals surface area contributed by atoms with Gasteiger partial charge in [-0.15, -0.1) is 0 Å². The molecule has 0 saturated heterocycles. The van der Waals surface area contributed by atoms with E-state index in [-0.39, 0.29) is 12.5 Å². The Labute approximate surface area is 157 Å². The first-order valence-electron chi connectivity index (χ1n) is 8.76. The van der Waals surface area contributed by atoms with Crippen LogP contribution < -0.4 is 10.7 Å². The molecule has 0 radical (unpaired) electrons. The normalized spacial score (nSPS) is 13.3.